The molecule has 9 nitrogen and oxygen atoms in total. The molecule has 0 atom stereocenters. The average Bonchev–Trinajstić information content (AvgIpc) is 2.62. The summed E-state index contributed by atoms with van der Waals surface area (Å²) in [5.74, 6) is 2.30. The number of anilines is 2. The van der Waals surface area contributed by atoms with E-state index >= 15 is 0 Å². The van der Waals surface area contributed by atoms with Gasteiger partial charge in [-0.1, -0.05) is 6.07 Å². The minimum Gasteiger partial charge on any atom is -0.489 e. The fourth-order valence-corrected chi connectivity index (χ4v) is 2.72. The smallest absolute Gasteiger partial charge is 0.201 e. The first-order chi connectivity index (χ1) is 12.6. The van der Waals surface area contributed by atoms with Gasteiger partial charge in [-0.15, -0.1) is 0 Å². The molecular formula is C16H21N7O2S. The van der Waals surface area contributed by atoms with Crippen molar-refractivity contribution in [2.45, 2.75) is 13.0 Å². The first-order valence-electron chi connectivity index (χ1n) is 8.18. The highest BCUT2D eigenvalue weighted by atomic mass is 32.1. The zero-order chi connectivity index (χ0) is 18.5. The summed E-state index contributed by atoms with van der Waals surface area (Å²) in [7, 11) is 0. The van der Waals surface area contributed by atoms with Crippen molar-refractivity contribution in [1.29, 1.82) is 5.41 Å². The van der Waals surface area contributed by atoms with Crippen molar-refractivity contribution in [2.24, 2.45) is 11.5 Å². The molecule has 0 radical (unpaired) electrons. The number of guanidine groups is 1. The van der Waals surface area contributed by atoms with Crippen molar-refractivity contribution in [3.8, 4) is 17.2 Å². The third kappa shape index (κ3) is 4.03. The van der Waals surface area contributed by atoms with E-state index in [1.165, 1.54) is 0 Å². The van der Waals surface area contributed by atoms with Gasteiger partial charge in [0.1, 0.15) is 18.0 Å². The predicted molar refractivity (Wildman–Crippen MR) is 102 cm³/mol. The van der Waals surface area contributed by atoms with E-state index in [0.717, 1.165) is 6.42 Å². The molecule has 2 heterocycles. The SMILES string of the molecule is N=C(N)NCCOc1cccc2c1Nc1nc(=S)n(CCCN)cc1O2. The monoisotopic (exact) mass is 375 g/mol. The zero-order valence-electron chi connectivity index (χ0n) is 14.1. The Hall–Kier alpha value is -2.85. The lowest BCUT2D eigenvalue weighted by atomic mass is 10.2. The maximum absolute atomic E-state index is 7.14. The molecule has 1 aliphatic heterocycles. The van der Waals surface area contributed by atoms with Crippen molar-refractivity contribution in [3.63, 3.8) is 0 Å². The van der Waals surface area contributed by atoms with E-state index in [0.29, 0.717) is 59.8 Å². The molecule has 10 heteroatoms. The third-order valence-electron chi connectivity index (χ3n) is 3.69. The quantitative estimate of drug-likeness (QED) is 0.182. The molecule has 7 N–H and O–H groups in total. The minimum absolute atomic E-state index is 0.0933. The number of para-hydroxylation sites is 1. The van der Waals surface area contributed by atoms with Gasteiger partial charge in [0.25, 0.3) is 0 Å². The minimum atomic E-state index is -0.0933. The fraction of sp³-hybridized carbons (Fsp3) is 0.312. The van der Waals surface area contributed by atoms with Crippen molar-refractivity contribution in [2.75, 3.05) is 25.0 Å². The fourth-order valence-electron chi connectivity index (χ4n) is 2.48. The van der Waals surface area contributed by atoms with E-state index < -0.39 is 0 Å². The first-order valence-corrected chi connectivity index (χ1v) is 8.59. The van der Waals surface area contributed by atoms with Gasteiger partial charge in [-0.2, -0.15) is 4.98 Å². The molecule has 26 heavy (non-hydrogen) atoms. The number of nitrogens with zero attached hydrogens (tertiary/aromatic N) is 2. The zero-order valence-corrected chi connectivity index (χ0v) is 14.9. The molecule has 1 aliphatic rings. The van der Waals surface area contributed by atoms with Crippen LogP contribution in [-0.2, 0) is 6.54 Å². The molecule has 2 aromatic rings. The third-order valence-corrected chi connectivity index (χ3v) is 4.01. The van der Waals surface area contributed by atoms with Crippen LogP contribution < -0.4 is 31.6 Å². The van der Waals surface area contributed by atoms with E-state index in [1.54, 1.807) is 0 Å². The van der Waals surface area contributed by atoms with Gasteiger partial charge < -0.3 is 36.1 Å². The number of aromatic nitrogens is 2. The summed E-state index contributed by atoms with van der Waals surface area (Å²) in [6.07, 6.45) is 2.64. The van der Waals surface area contributed by atoms with E-state index in [2.05, 4.69) is 15.6 Å². The Kier molecular flexibility index (Phi) is 5.54. The Morgan fingerprint density at radius 3 is 3.04 bits per heavy atom. The summed E-state index contributed by atoms with van der Waals surface area (Å²) in [6.45, 7) is 2.04. The van der Waals surface area contributed by atoms with Crippen LogP contribution in [-0.4, -0.2) is 35.2 Å². The van der Waals surface area contributed by atoms with Gasteiger partial charge in [0.2, 0.25) is 4.77 Å². The number of rotatable bonds is 7. The summed E-state index contributed by atoms with van der Waals surface area (Å²) in [5.41, 5.74) is 11.5. The van der Waals surface area contributed by atoms with Gasteiger partial charge in [-0.25, -0.2) is 0 Å². The average molecular weight is 375 g/mol. The number of hydrogen-bond donors (Lipinski definition) is 5. The van der Waals surface area contributed by atoms with Gasteiger partial charge in [0, 0.05) is 6.54 Å². The molecule has 3 rings (SSSR count). The number of aryl methyl sites for hydroxylation is 1. The lowest BCUT2D eigenvalue weighted by Crippen LogP contribution is -2.33. The van der Waals surface area contributed by atoms with Gasteiger partial charge >= 0.3 is 0 Å². The summed E-state index contributed by atoms with van der Waals surface area (Å²) in [6, 6.07) is 5.52. The maximum Gasteiger partial charge on any atom is 0.201 e. The van der Waals surface area contributed by atoms with Crippen molar-refractivity contribution >= 4 is 29.7 Å². The molecule has 0 saturated carbocycles. The molecule has 0 saturated heterocycles. The van der Waals surface area contributed by atoms with E-state index in [1.807, 2.05) is 29.0 Å². The predicted octanol–water partition coefficient (Wildman–Crippen LogP) is 1.67. The van der Waals surface area contributed by atoms with Crippen LogP contribution in [0.4, 0.5) is 11.5 Å². The number of nitrogens with two attached hydrogens (primary N) is 2. The van der Waals surface area contributed by atoms with E-state index in [4.69, 9.17) is 38.6 Å². The summed E-state index contributed by atoms with van der Waals surface area (Å²) in [4.78, 5) is 4.41. The first kappa shape index (κ1) is 18.0. The Labute approximate surface area is 155 Å². The van der Waals surface area contributed by atoms with Crippen LogP contribution in [0.1, 0.15) is 6.42 Å². The second-order valence-electron chi connectivity index (χ2n) is 5.62. The van der Waals surface area contributed by atoms with Crippen LogP contribution in [0.5, 0.6) is 17.2 Å². The highest BCUT2D eigenvalue weighted by Gasteiger charge is 2.22. The Morgan fingerprint density at radius 1 is 1.42 bits per heavy atom. The molecular weight excluding hydrogens is 354 g/mol. The van der Waals surface area contributed by atoms with Crippen LogP contribution in [0.15, 0.2) is 24.4 Å². The molecule has 0 aliphatic carbocycles. The lowest BCUT2D eigenvalue weighted by molar-refractivity contribution is 0.322. The van der Waals surface area contributed by atoms with Crippen molar-refractivity contribution in [1.82, 2.24) is 14.9 Å². The Balaban J connectivity index is 1.78. The van der Waals surface area contributed by atoms with Crippen LogP contribution in [0.25, 0.3) is 0 Å². The molecule has 0 spiro atoms. The molecule has 0 amide bonds. The number of hydrogen-bond acceptors (Lipinski definition) is 7. The summed E-state index contributed by atoms with van der Waals surface area (Å²) in [5, 5.41) is 13.1. The molecule has 1 aromatic heterocycles. The highest BCUT2D eigenvalue weighted by molar-refractivity contribution is 7.71. The molecule has 1 aromatic carbocycles. The second kappa shape index (κ2) is 8.02. The van der Waals surface area contributed by atoms with Crippen LogP contribution >= 0.6 is 12.2 Å². The van der Waals surface area contributed by atoms with Crippen molar-refractivity contribution in [3.05, 3.63) is 29.2 Å². The number of fused-ring (bicyclic) bond motifs is 2. The van der Waals surface area contributed by atoms with Gasteiger partial charge in [0.05, 0.1) is 12.7 Å². The number of nitrogens with one attached hydrogen (secondary N) is 3. The van der Waals surface area contributed by atoms with Crippen LogP contribution in [0.2, 0.25) is 0 Å². The molecule has 0 bridgehead atoms. The van der Waals surface area contributed by atoms with Crippen LogP contribution in [0.3, 0.4) is 0 Å². The summed E-state index contributed by atoms with van der Waals surface area (Å²) < 4.78 is 14.0. The summed E-state index contributed by atoms with van der Waals surface area (Å²) >= 11 is 5.34. The molecule has 0 fully saturated rings. The Bertz CT molecular complexity index is 868. The standard InChI is InChI=1S/C16H21N7O2S/c17-5-2-7-23-9-12-14(22-16(23)26)21-13-10(3-1-4-11(13)25-12)24-8-6-20-15(18)19/h1,3-4,9H,2,5-8,17H2,(H4,18,19,20)(H,21,22,26). The number of benzene rings is 1. The highest BCUT2D eigenvalue weighted by Crippen LogP contribution is 2.45. The number of ether oxygens (including phenoxy) is 2. The van der Waals surface area contributed by atoms with Crippen LogP contribution in [0, 0.1) is 10.2 Å². The lowest BCUT2D eigenvalue weighted by Gasteiger charge is -2.24. The van der Waals surface area contributed by atoms with Gasteiger partial charge in [-0.05, 0) is 37.3 Å². The van der Waals surface area contributed by atoms with Crippen molar-refractivity contribution < 1.29 is 9.47 Å². The Morgan fingerprint density at radius 2 is 2.27 bits per heavy atom. The second-order valence-corrected chi connectivity index (χ2v) is 5.98. The maximum atomic E-state index is 7.14. The topological polar surface area (TPSA) is 136 Å². The van der Waals surface area contributed by atoms with Gasteiger partial charge in [-0.3, -0.25) is 5.41 Å². The largest absolute Gasteiger partial charge is 0.489 e. The molecule has 138 valence electrons. The van der Waals surface area contributed by atoms with E-state index in [9.17, 15) is 0 Å². The van der Waals surface area contributed by atoms with E-state index in [-0.39, 0.29) is 5.96 Å². The van der Waals surface area contributed by atoms with Gasteiger partial charge in [0.15, 0.2) is 23.3 Å². The molecule has 0 unspecified atom stereocenters. The normalized spacial score (nSPS) is 11.6.